The molecular weight excluding hydrogens is 262 g/mol. The van der Waals surface area contributed by atoms with Crippen molar-refractivity contribution in [1.82, 2.24) is 4.98 Å². The van der Waals surface area contributed by atoms with E-state index in [-0.39, 0.29) is 11.9 Å². The SMILES string of the molecule is COc1ccccc1C(=O)Nc1nc(C(C)N)cs1. The van der Waals surface area contributed by atoms with Crippen LogP contribution in [0.4, 0.5) is 5.13 Å². The third kappa shape index (κ3) is 3.10. The number of carbonyl (C=O) groups excluding carboxylic acids is 1. The molecule has 6 heteroatoms. The molecule has 0 radical (unpaired) electrons. The summed E-state index contributed by atoms with van der Waals surface area (Å²) >= 11 is 1.35. The van der Waals surface area contributed by atoms with Crippen LogP contribution in [0.5, 0.6) is 5.75 Å². The molecule has 5 nitrogen and oxygen atoms in total. The van der Waals surface area contributed by atoms with E-state index in [2.05, 4.69) is 10.3 Å². The number of para-hydroxylation sites is 1. The molecule has 100 valence electrons. The third-order valence-corrected chi connectivity index (χ3v) is 3.34. The molecule has 1 aromatic carbocycles. The van der Waals surface area contributed by atoms with Gasteiger partial charge in [-0.2, -0.15) is 0 Å². The number of nitrogens with one attached hydrogen (secondary N) is 1. The minimum absolute atomic E-state index is 0.145. The summed E-state index contributed by atoms with van der Waals surface area (Å²) < 4.78 is 5.15. The largest absolute Gasteiger partial charge is 0.496 e. The van der Waals surface area contributed by atoms with E-state index >= 15 is 0 Å². The molecule has 0 bridgehead atoms. The molecule has 0 aliphatic rings. The molecule has 2 aromatic rings. The number of ether oxygens (including phenoxy) is 1. The van der Waals surface area contributed by atoms with Crippen molar-refractivity contribution in [2.75, 3.05) is 12.4 Å². The summed E-state index contributed by atoms with van der Waals surface area (Å²) in [7, 11) is 1.53. The van der Waals surface area contributed by atoms with E-state index in [0.717, 1.165) is 5.69 Å². The van der Waals surface area contributed by atoms with Crippen LogP contribution in [-0.2, 0) is 0 Å². The molecule has 0 spiro atoms. The van der Waals surface area contributed by atoms with Crippen LogP contribution < -0.4 is 15.8 Å². The van der Waals surface area contributed by atoms with E-state index in [1.807, 2.05) is 18.4 Å². The van der Waals surface area contributed by atoms with Gasteiger partial charge in [-0.25, -0.2) is 4.98 Å². The molecule has 1 unspecified atom stereocenters. The van der Waals surface area contributed by atoms with E-state index in [4.69, 9.17) is 10.5 Å². The quantitative estimate of drug-likeness (QED) is 0.899. The first-order chi connectivity index (χ1) is 9.11. The summed E-state index contributed by atoms with van der Waals surface area (Å²) in [6.45, 7) is 1.85. The van der Waals surface area contributed by atoms with Crippen LogP contribution in [0.15, 0.2) is 29.6 Å². The lowest BCUT2D eigenvalue weighted by atomic mass is 10.2. The van der Waals surface area contributed by atoms with Crippen LogP contribution in [0.3, 0.4) is 0 Å². The fourth-order valence-corrected chi connectivity index (χ4v) is 2.36. The summed E-state index contributed by atoms with van der Waals surface area (Å²) in [4.78, 5) is 16.4. The zero-order valence-electron chi connectivity index (χ0n) is 10.7. The van der Waals surface area contributed by atoms with Gasteiger partial charge in [0.15, 0.2) is 5.13 Å². The molecule has 0 saturated heterocycles. The minimum Gasteiger partial charge on any atom is -0.496 e. The highest BCUT2D eigenvalue weighted by atomic mass is 32.1. The van der Waals surface area contributed by atoms with E-state index < -0.39 is 0 Å². The van der Waals surface area contributed by atoms with Crippen molar-refractivity contribution in [3.63, 3.8) is 0 Å². The summed E-state index contributed by atoms with van der Waals surface area (Å²) in [5, 5.41) is 5.11. The molecule has 0 saturated carbocycles. The van der Waals surface area contributed by atoms with Crippen molar-refractivity contribution in [1.29, 1.82) is 0 Å². The number of nitrogens with zero attached hydrogens (tertiary/aromatic N) is 1. The number of amides is 1. The average molecular weight is 277 g/mol. The zero-order chi connectivity index (χ0) is 13.8. The first kappa shape index (κ1) is 13.5. The normalized spacial score (nSPS) is 11.9. The van der Waals surface area contributed by atoms with Gasteiger partial charge in [-0.3, -0.25) is 10.1 Å². The molecule has 1 heterocycles. The number of hydrogen-bond acceptors (Lipinski definition) is 5. The van der Waals surface area contributed by atoms with Gasteiger partial charge in [0, 0.05) is 11.4 Å². The lowest BCUT2D eigenvalue weighted by Crippen LogP contribution is -2.13. The number of thiazole rings is 1. The van der Waals surface area contributed by atoms with Gasteiger partial charge in [-0.05, 0) is 19.1 Å². The third-order valence-electron chi connectivity index (χ3n) is 2.56. The van der Waals surface area contributed by atoms with Crippen molar-refractivity contribution >= 4 is 22.4 Å². The maximum Gasteiger partial charge on any atom is 0.261 e. The van der Waals surface area contributed by atoms with Gasteiger partial charge in [0.1, 0.15) is 5.75 Å². The van der Waals surface area contributed by atoms with Crippen LogP contribution in [0, 0.1) is 0 Å². The van der Waals surface area contributed by atoms with Gasteiger partial charge in [-0.1, -0.05) is 12.1 Å². The fourth-order valence-electron chi connectivity index (χ4n) is 1.55. The van der Waals surface area contributed by atoms with Crippen molar-refractivity contribution in [3.8, 4) is 5.75 Å². The number of rotatable bonds is 4. The Kier molecular flexibility index (Phi) is 4.13. The molecule has 19 heavy (non-hydrogen) atoms. The lowest BCUT2D eigenvalue weighted by molar-refractivity contribution is 0.102. The first-order valence-corrected chi connectivity index (χ1v) is 6.65. The second-order valence-corrected chi connectivity index (χ2v) is 4.88. The number of nitrogens with two attached hydrogens (primary N) is 1. The highest BCUT2D eigenvalue weighted by molar-refractivity contribution is 7.14. The van der Waals surface area contributed by atoms with Crippen molar-refractivity contribution in [3.05, 3.63) is 40.9 Å². The highest BCUT2D eigenvalue weighted by Crippen LogP contribution is 2.22. The summed E-state index contributed by atoms with van der Waals surface area (Å²) in [5.41, 5.74) is 6.96. The van der Waals surface area contributed by atoms with Gasteiger partial charge < -0.3 is 10.5 Å². The van der Waals surface area contributed by atoms with Gasteiger partial charge >= 0.3 is 0 Å². The predicted molar refractivity (Wildman–Crippen MR) is 75.7 cm³/mol. The van der Waals surface area contributed by atoms with Crippen LogP contribution in [-0.4, -0.2) is 18.0 Å². The second kappa shape index (κ2) is 5.81. The van der Waals surface area contributed by atoms with E-state index in [0.29, 0.717) is 16.4 Å². The molecular formula is C13H15N3O2S. The fraction of sp³-hybridized carbons (Fsp3) is 0.231. The molecule has 3 N–H and O–H groups in total. The molecule has 1 aromatic heterocycles. The summed E-state index contributed by atoms with van der Waals surface area (Å²) in [5.74, 6) is 0.284. The number of hydrogen-bond donors (Lipinski definition) is 2. The topological polar surface area (TPSA) is 77.2 Å². The molecule has 0 aliphatic heterocycles. The van der Waals surface area contributed by atoms with E-state index in [9.17, 15) is 4.79 Å². The van der Waals surface area contributed by atoms with Crippen LogP contribution in [0.2, 0.25) is 0 Å². The average Bonchev–Trinajstić information content (AvgIpc) is 2.87. The van der Waals surface area contributed by atoms with Crippen LogP contribution in [0.1, 0.15) is 29.0 Å². The van der Waals surface area contributed by atoms with Crippen LogP contribution in [0.25, 0.3) is 0 Å². The van der Waals surface area contributed by atoms with Gasteiger partial charge in [0.2, 0.25) is 0 Å². The maximum atomic E-state index is 12.1. The molecule has 2 rings (SSSR count). The maximum absolute atomic E-state index is 12.1. The Morgan fingerprint density at radius 1 is 1.47 bits per heavy atom. The first-order valence-electron chi connectivity index (χ1n) is 5.77. The highest BCUT2D eigenvalue weighted by Gasteiger charge is 2.14. The Hall–Kier alpha value is -1.92. The van der Waals surface area contributed by atoms with Gasteiger partial charge in [-0.15, -0.1) is 11.3 Å². The van der Waals surface area contributed by atoms with E-state index in [1.165, 1.54) is 18.4 Å². The van der Waals surface area contributed by atoms with Crippen molar-refractivity contribution < 1.29 is 9.53 Å². The number of benzene rings is 1. The summed E-state index contributed by atoms with van der Waals surface area (Å²) in [6, 6.07) is 6.89. The standard InChI is InChI=1S/C13H15N3O2S/c1-8(14)10-7-19-13(15-10)16-12(17)9-5-3-4-6-11(9)18-2/h3-8H,14H2,1-2H3,(H,15,16,17). The number of aromatic nitrogens is 1. The molecule has 1 amide bonds. The Morgan fingerprint density at radius 2 is 2.21 bits per heavy atom. The Balaban J connectivity index is 2.16. The van der Waals surface area contributed by atoms with E-state index in [1.54, 1.807) is 18.2 Å². The van der Waals surface area contributed by atoms with Gasteiger partial charge in [0.05, 0.1) is 18.4 Å². The number of carbonyl (C=O) groups is 1. The second-order valence-electron chi connectivity index (χ2n) is 4.02. The Bertz CT molecular complexity index is 581. The van der Waals surface area contributed by atoms with Crippen molar-refractivity contribution in [2.24, 2.45) is 5.73 Å². The monoisotopic (exact) mass is 277 g/mol. The summed E-state index contributed by atoms with van der Waals surface area (Å²) in [6.07, 6.45) is 0. The molecule has 1 atom stereocenters. The lowest BCUT2D eigenvalue weighted by Gasteiger charge is -2.07. The number of methoxy groups -OCH3 is 1. The van der Waals surface area contributed by atoms with Crippen molar-refractivity contribution in [2.45, 2.75) is 13.0 Å². The molecule has 0 aliphatic carbocycles. The van der Waals surface area contributed by atoms with Gasteiger partial charge in [0.25, 0.3) is 5.91 Å². The predicted octanol–water partition coefficient (Wildman–Crippen LogP) is 2.42. The minimum atomic E-state index is -0.247. The number of anilines is 1. The Labute approximate surface area is 115 Å². The smallest absolute Gasteiger partial charge is 0.261 e. The van der Waals surface area contributed by atoms with Crippen LogP contribution >= 0.6 is 11.3 Å². The molecule has 0 fully saturated rings. The Morgan fingerprint density at radius 3 is 2.84 bits per heavy atom. The zero-order valence-corrected chi connectivity index (χ0v) is 11.5.